The van der Waals surface area contributed by atoms with Crippen molar-refractivity contribution in [3.63, 3.8) is 0 Å². The third kappa shape index (κ3) is 4.90. The molecule has 0 saturated heterocycles. The van der Waals surface area contributed by atoms with Gasteiger partial charge in [-0.2, -0.15) is 0 Å². The summed E-state index contributed by atoms with van der Waals surface area (Å²) in [7, 11) is 0. The van der Waals surface area contributed by atoms with Crippen molar-refractivity contribution < 1.29 is 4.79 Å². The van der Waals surface area contributed by atoms with Gasteiger partial charge in [-0.15, -0.1) is 0 Å². The van der Waals surface area contributed by atoms with E-state index in [1.54, 1.807) is 12.2 Å². The standard InChI is InChI=1S/C17H16ClNO/c18-16-9-6-15(7-10-16)12-13-19-17(20)11-8-14-4-2-1-3-5-14/h1-11H,12-13H2,(H,19,20)/b11-8+. The maximum atomic E-state index is 11.6. The van der Waals surface area contributed by atoms with Gasteiger partial charge in [-0.3, -0.25) is 4.79 Å². The topological polar surface area (TPSA) is 29.1 Å². The maximum Gasteiger partial charge on any atom is 0.244 e. The van der Waals surface area contributed by atoms with Gasteiger partial charge in [-0.1, -0.05) is 54.1 Å². The van der Waals surface area contributed by atoms with Crippen LogP contribution in [0.2, 0.25) is 5.02 Å². The minimum atomic E-state index is -0.0807. The monoisotopic (exact) mass is 285 g/mol. The van der Waals surface area contributed by atoms with E-state index in [0.717, 1.165) is 22.6 Å². The van der Waals surface area contributed by atoms with Gasteiger partial charge in [0.2, 0.25) is 5.91 Å². The molecule has 0 heterocycles. The smallest absolute Gasteiger partial charge is 0.244 e. The fourth-order valence-electron chi connectivity index (χ4n) is 1.78. The van der Waals surface area contributed by atoms with Gasteiger partial charge in [0.25, 0.3) is 0 Å². The predicted molar refractivity (Wildman–Crippen MR) is 83.6 cm³/mol. The van der Waals surface area contributed by atoms with Crippen molar-refractivity contribution in [2.45, 2.75) is 6.42 Å². The Balaban J connectivity index is 1.75. The highest BCUT2D eigenvalue weighted by Gasteiger charge is 1.97. The first-order chi connectivity index (χ1) is 9.74. The van der Waals surface area contributed by atoms with E-state index in [-0.39, 0.29) is 5.91 Å². The quantitative estimate of drug-likeness (QED) is 0.834. The Morgan fingerprint density at radius 2 is 1.75 bits per heavy atom. The van der Waals surface area contributed by atoms with Crippen LogP contribution in [0.4, 0.5) is 0 Å². The third-order valence-corrected chi connectivity index (χ3v) is 3.10. The highest BCUT2D eigenvalue weighted by molar-refractivity contribution is 6.30. The molecule has 0 aliphatic heterocycles. The second-order valence-electron chi connectivity index (χ2n) is 4.41. The van der Waals surface area contributed by atoms with E-state index < -0.39 is 0 Å². The molecule has 2 nitrogen and oxygen atoms in total. The fourth-order valence-corrected chi connectivity index (χ4v) is 1.90. The van der Waals surface area contributed by atoms with Crippen LogP contribution >= 0.6 is 11.6 Å². The average molecular weight is 286 g/mol. The molecule has 2 aromatic carbocycles. The Kier molecular flexibility index (Phi) is 5.39. The number of nitrogens with one attached hydrogen (secondary N) is 1. The normalized spacial score (nSPS) is 10.7. The first-order valence-corrected chi connectivity index (χ1v) is 6.87. The van der Waals surface area contributed by atoms with Crippen molar-refractivity contribution in [3.05, 3.63) is 76.8 Å². The van der Waals surface area contributed by atoms with Crippen molar-refractivity contribution in [3.8, 4) is 0 Å². The van der Waals surface area contributed by atoms with Crippen LogP contribution in [0, 0.1) is 0 Å². The van der Waals surface area contributed by atoms with Gasteiger partial charge in [0.15, 0.2) is 0 Å². The molecule has 1 amide bonds. The van der Waals surface area contributed by atoms with Gasteiger partial charge in [0.05, 0.1) is 0 Å². The highest BCUT2D eigenvalue weighted by atomic mass is 35.5. The zero-order valence-corrected chi connectivity index (χ0v) is 11.8. The van der Waals surface area contributed by atoms with Crippen LogP contribution in [0.3, 0.4) is 0 Å². The molecule has 0 radical (unpaired) electrons. The third-order valence-electron chi connectivity index (χ3n) is 2.85. The van der Waals surface area contributed by atoms with E-state index in [2.05, 4.69) is 5.32 Å². The summed E-state index contributed by atoms with van der Waals surface area (Å²) in [6, 6.07) is 17.4. The molecule has 2 rings (SSSR count). The van der Waals surface area contributed by atoms with Crippen LogP contribution in [0.15, 0.2) is 60.7 Å². The molecular weight excluding hydrogens is 270 g/mol. The summed E-state index contributed by atoms with van der Waals surface area (Å²) < 4.78 is 0. The second kappa shape index (κ2) is 7.51. The Morgan fingerprint density at radius 1 is 1.05 bits per heavy atom. The van der Waals surface area contributed by atoms with E-state index in [0.29, 0.717) is 6.54 Å². The van der Waals surface area contributed by atoms with Crippen molar-refractivity contribution in [2.24, 2.45) is 0 Å². The zero-order chi connectivity index (χ0) is 14.2. The Labute approximate surface area is 124 Å². The van der Waals surface area contributed by atoms with Crippen molar-refractivity contribution in [2.75, 3.05) is 6.54 Å². The minimum absolute atomic E-state index is 0.0807. The number of carbonyl (C=O) groups excluding carboxylic acids is 1. The lowest BCUT2D eigenvalue weighted by atomic mass is 10.1. The first kappa shape index (κ1) is 14.4. The molecule has 0 aliphatic carbocycles. The summed E-state index contributed by atoms with van der Waals surface area (Å²) in [5.41, 5.74) is 2.17. The van der Waals surface area contributed by atoms with E-state index in [1.807, 2.05) is 54.6 Å². The van der Waals surface area contributed by atoms with Gasteiger partial charge >= 0.3 is 0 Å². The van der Waals surface area contributed by atoms with Crippen molar-refractivity contribution >= 4 is 23.6 Å². The van der Waals surface area contributed by atoms with Crippen LogP contribution in [-0.4, -0.2) is 12.5 Å². The molecule has 3 heteroatoms. The molecule has 2 aromatic rings. The van der Waals surface area contributed by atoms with Crippen LogP contribution in [0.1, 0.15) is 11.1 Å². The van der Waals surface area contributed by atoms with Gasteiger partial charge in [0.1, 0.15) is 0 Å². The molecular formula is C17H16ClNO. The van der Waals surface area contributed by atoms with Gasteiger partial charge < -0.3 is 5.32 Å². The minimum Gasteiger partial charge on any atom is -0.352 e. The van der Waals surface area contributed by atoms with E-state index in [9.17, 15) is 4.79 Å². The molecule has 0 fully saturated rings. The zero-order valence-electron chi connectivity index (χ0n) is 11.1. The van der Waals surface area contributed by atoms with Crippen molar-refractivity contribution in [1.29, 1.82) is 0 Å². The molecule has 0 aliphatic rings. The van der Waals surface area contributed by atoms with E-state index in [1.165, 1.54) is 0 Å². The van der Waals surface area contributed by atoms with Crippen molar-refractivity contribution in [1.82, 2.24) is 5.32 Å². The number of benzene rings is 2. The molecule has 102 valence electrons. The molecule has 0 unspecified atom stereocenters. The summed E-state index contributed by atoms with van der Waals surface area (Å²) in [6.45, 7) is 0.611. The molecule has 0 aromatic heterocycles. The average Bonchev–Trinajstić information content (AvgIpc) is 2.48. The number of amides is 1. The molecule has 20 heavy (non-hydrogen) atoms. The van der Waals surface area contributed by atoms with Crippen LogP contribution in [-0.2, 0) is 11.2 Å². The Bertz CT molecular complexity index is 576. The Hall–Kier alpha value is -2.06. The summed E-state index contributed by atoms with van der Waals surface area (Å²) in [5.74, 6) is -0.0807. The predicted octanol–water partition coefficient (Wildman–Crippen LogP) is 3.71. The SMILES string of the molecule is O=C(/C=C/c1ccccc1)NCCc1ccc(Cl)cc1. The molecule has 1 N–H and O–H groups in total. The Morgan fingerprint density at radius 3 is 2.45 bits per heavy atom. The summed E-state index contributed by atoms with van der Waals surface area (Å²) in [5, 5.41) is 3.58. The lowest BCUT2D eigenvalue weighted by molar-refractivity contribution is -0.116. The van der Waals surface area contributed by atoms with Crippen LogP contribution in [0.25, 0.3) is 6.08 Å². The van der Waals surface area contributed by atoms with Gasteiger partial charge in [0, 0.05) is 17.6 Å². The van der Waals surface area contributed by atoms with Gasteiger partial charge in [-0.05, 0) is 35.8 Å². The second-order valence-corrected chi connectivity index (χ2v) is 4.85. The number of halogens is 1. The van der Waals surface area contributed by atoms with Crippen LogP contribution in [0.5, 0.6) is 0 Å². The molecule has 0 spiro atoms. The van der Waals surface area contributed by atoms with E-state index in [4.69, 9.17) is 11.6 Å². The highest BCUT2D eigenvalue weighted by Crippen LogP contribution is 2.09. The summed E-state index contributed by atoms with van der Waals surface area (Å²) >= 11 is 5.82. The lowest BCUT2D eigenvalue weighted by Crippen LogP contribution is -2.23. The molecule has 0 bridgehead atoms. The number of carbonyl (C=O) groups is 1. The molecule has 0 saturated carbocycles. The maximum absolute atomic E-state index is 11.6. The summed E-state index contributed by atoms with van der Waals surface area (Å²) in [4.78, 5) is 11.6. The van der Waals surface area contributed by atoms with Crippen LogP contribution < -0.4 is 5.32 Å². The van der Waals surface area contributed by atoms with E-state index >= 15 is 0 Å². The largest absolute Gasteiger partial charge is 0.352 e. The number of hydrogen-bond donors (Lipinski definition) is 1. The number of hydrogen-bond acceptors (Lipinski definition) is 1. The number of rotatable bonds is 5. The first-order valence-electron chi connectivity index (χ1n) is 6.49. The lowest BCUT2D eigenvalue weighted by Gasteiger charge is -2.03. The molecule has 0 atom stereocenters. The summed E-state index contributed by atoms with van der Waals surface area (Å²) in [6.07, 6.45) is 4.15. The fraction of sp³-hybridized carbons (Fsp3) is 0.118. The van der Waals surface area contributed by atoms with Gasteiger partial charge in [-0.25, -0.2) is 0 Å².